The fourth-order valence-electron chi connectivity index (χ4n) is 1.48. The molecule has 0 radical (unpaired) electrons. The zero-order valence-electron chi connectivity index (χ0n) is 8.93. The molecule has 0 aliphatic heterocycles. The van der Waals surface area contributed by atoms with Crippen LogP contribution in [0.3, 0.4) is 0 Å². The summed E-state index contributed by atoms with van der Waals surface area (Å²) in [6.45, 7) is -0.654. The second-order valence-electron chi connectivity index (χ2n) is 3.51. The highest BCUT2D eigenvalue weighted by molar-refractivity contribution is 5.44. The molecule has 4 heteroatoms. The van der Waals surface area contributed by atoms with Crippen molar-refractivity contribution in [3.63, 3.8) is 0 Å². The Labute approximate surface area is 94.2 Å². The fraction of sp³-hybridized carbons (Fsp3) is 0.333. The Morgan fingerprint density at radius 1 is 0.500 bits per heavy atom. The van der Waals surface area contributed by atoms with Gasteiger partial charge in [-0.25, -0.2) is 0 Å². The lowest BCUT2D eigenvalue weighted by Crippen LogP contribution is -2.01. The first-order valence-electron chi connectivity index (χ1n) is 4.99. The number of hydrogen-bond donors (Lipinski definition) is 4. The molecule has 0 heterocycles. The summed E-state index contributed by atoms with van der Waals surface area (Å²) in [5.74, 6) is 0. The standard InChI is InChI=1S/C12H16O4/c13-5-9-1-10(6-14)3-12(8-16)4-11(2-9)7-15/h1-4,13-16H,5-8H2/b9-1+,9-2?,10-1?,10-3+,11-2+,11-4?,12-3?,12-4+. The summed E-state index contributed by atoms with van der Waals surface area (Å²) >= 11 is 0. The van der Waals surface area contributed by atoms with Gasteiger partial charge in [-0.1, -0.05) is 24.3 Å². The quantitative estimate of drug-likeness (QED) is 0.527. The molecular weight excluding hydrogens is 208 g/mol. The monoisotopic (exact) mass is 224 g/mol. The van der Waals surface area contributed by atoms with Gasteiger partial charge in [0.25, 0.3) is 0 Å². The lowest BCUT2D eigenvalue weighted by Gasteiger charge is -2.09. The average Bonchev–Trinajstić information content (AvgIpc) is 2.29. The lowest BCUT2D eigenvalue weighted by molar-refractivity contribution is 0.323. The number of rotatable bonds is 4. The minimum absolute atomic E-state index is 0.164. The third-order valence-electron chi connectivity index (χ3n) is 2.21. The molecule has 16 heavy (non-hydrogen) atoms. The normalized spacial score (nSPS) is 29.8. The molecule has 0 saturated carbocycles. The molecule has 0 aromatic heterocycles. The second kappa shape index (κ2) is 6.40. The molecule has 1 rings (SSSR count). The number of aliphatic hydroxyl groups is 4. The van der Waals surface area contributed by atoms with Crippen molar-refractivity contribution in [1.29, 1.82) is 0 Å². The molecule has 0 unspecified atom stereocenters. The van der Waals surface area contributed by atoms with Crippen LogP contribution in [0.4, 0.5) is 0 Å². The summed E-state index contributed by atoms with van der Waals surface area (Å²) in [6, 6.07) is 0. The summed E-state index contributed by atoms with van der Waals surface area (Å²) in [7, 11) is 0. The maximum atomic E-state index is 9.08. The Bertz CT molecular complexity index is 278. The van der Waals surface area contributed by atoms with E-state index >= 15 is 0 Å². The minimum atomic E-state index is -0.164. The Morgan fingerprint density at radius 2 is 0.688 bits per heavy atom. The molecule has 88 valence electrons. The molecule has 0 bridgehead atoms. The van der Waals surface area contributed by atoms with Crippen molar-refractivity contribution in [3.8, 4) is 0 Å². The van der Waals surface area contributed by atoms with Crippen LogP contribution in [0.5, 0.6) is 0 Å². The molecule has 4 nitrogen and oxygen atoms in total. The highest BCUT2D eigenvalue weighted by atomic mass is 16.3. The van der Waals surface area contributed by atoms with Crippen molar-refractivity contribution in [2.45, 2.75) is 0 Å². The topological polar surface area (TPSA) is 80.9 Å². The third-order valence-corrected chi connectivity index (χ3v) is 2.21. The van der Waals surface area contributed by atoms with Gasteiger partial charge in [-0.05, 0) is 22.3 Å². The largest absolute Gasteiger partial charge is 0.392 e. The number of hydrogen-bond acceptors (Lipinski definition) is 4. The Morgan fingerprint density at radius 3 is 0.812 bits per heavy atom. The van der Waals surface area contributed by atoms with Crippen LogP contribution in [0.1, 0.15) is 0 Å². The van der Waals surface area contributed by atoms with Gasteiger partial charge in [-0.2, -0.15) is 0 Å². The van der Waals surface area contributed by atoms with Crippen LogP contribution in [0, 0.1) is 0 Å². The Kier molecular flexibility index (Phi) is 5.14. The molecule has 0 saturated heterocycles. The van der Waals surface area contributed by atoms with Gasteiger partial charge in [0.1, 0.15) is 0 Å². The summed E-state index contributed by atoms with van der Waals surface area (Å²) in [5.41, 5.74) is 2.44. The Hall–Kier alpha value is -1.20. The van der Waals surface area contributed by atoms with Crippen LogP contribution >= 0.6 is 0 Å². The van der Waals surface area contributed by atoms with Gasteiger partial charge in [0.2, 0.25) is 0 Å². The molecule has 0 spiro atoms. The first-order chi connectivity index (χ1) is 7.73. The first kappa shape index (κ1) is 12.9. The second-order valence-corrected chi connectivity index (χ2v) is 3.51. The van der Waals surface area contributed by atoms with E-state index in [1.54, 1.807) is 24.3 Å². The van der Waals surface area contributed by atoms with Crippen molar-refractivity contribution in [2.24, 2.45) is 0 Å². The van der Waals surface area contributed by atoms with Gasteiger partial charge in [-0.15, -0.1) is 0 Å². The van der Waals surface area contributed by atoms with Crippen LogP contribution in [0.25, 0.3) is 0 Å². The van der Waals surface area contributed by atoms with Crippen molar-refractivity contribution >= 4 is 0 Å². The molecule has 0 aromatic rings. The van der Waals surface area contributed by atoms with E-state index in [1.807, 2.05) is 0 Å². The molecular formula is C12H16O4. The van der Waals surface area contributed by atoms with E-state index in [1.165, 1.54) is 0 Å². The highest BCUT2D eigenvalue weighted by Crippen LogP contribution is 2.15. The van der Waals surface area contributed by atoms with E-state index in [9.17, 15) is 0 Å². The summed E-state index contributed by atoms with van der Waals surface area (Å²) in [6.07, 6.45) is 6.55. The maximum Gasteiger partial charge on any atom is 0.0682 e. The number of aliphatic hydroxyl groups excluding tert-OH is 4. The predicted octanol–water partition coefficient (Wildman–Crippen LogP) is -0.325. The van der Waals surface area contributed by atoms with Crippen LogP contribution < -0.4 is 0 Å². The molecule has 0 fully saturated rings. The van der Waals surface area contributed by atoms with E-state index in [-0.39, 0.29) is 26.4 Å². The van der Waals surface area contributed by atoms with E-state index in [4.69, 9.17) is 20.4 Å². The molecule has 1 aliphatic rings. The summed E-state index contributed by atoms with van der Waals surface area (Å²) in [4.78, 5) is 0. The average molecular weight is 224 g/mol. The molecule has 0 amide bonds. The third kappa shape index (κ3) is 3.43. The van der Waals surface area contributed by atoms with Gasteiger partial charge in [-0.3, -0.25) is 0 Å². The molecule has 4 N–H and O–H groups in total. The van der Waals surface area contributed by atoms with Gasteiger partial charge < -0.3 is 20.4 Å². The molecule has 1 aliphatic carbocycles. The first-order valence-corrected chi connectivity index (χ1v) is 4.99. The molecule has 0 atom stereocenters. The Balaban J connectivity index is 3.13. The van der Waals surface area contributed by atoms with E-state index in [0.717, 1.165) is 0 Å². The van der Waals surface area contributed by atoms with Crippen molar-refractivity contribution in [1.82, 2.24) is 0 Å². The summed E-state index contributed by atoms with van der Waals surface area (Å²) < 4.78 is 0. The van der Waals surface area contributed by atoms with Gasteiger partial charge in [0.05, 0.1) is 26.4 Å². The van der Waals surface area contributed by atoms with Crippen LogP contribution in [-0.4, -0.2) is 46.9 Å². The van der Waals surface area contributed by atoms with Crippen molar-refractivity contribution in [3.05, 3.63) is 46.6 Å². The smallest absolute Gasteiger partial charge is 0.0682 e. The van der Waals surface area contributed by atoms with E-state index in [0.29, 0.717) is 22.3 Å². The highest BCUT2D eigenvalue weighted by Gasteiger charge is 2.04. The van der Waals surface area contributed by atoms with E-state index < -0.39 is 0 Å². The van der Waals surface area contributed by atoms with Crippen molar-refractivity contribution < 1.29 is 20.4 Å². The van der Waals surface area contributed by atoms with Crippen LogP contribution in [0.2, 0.25) is 0 Å². The van der Waals surface area contributed by atoms with Gasteiger partial charge in [0, 0.05) is 0 Å². The minimum Gasteiger partial charge on any atom is -0.392 e. The van der Waals surface area contributed by atoms with Crippen LogP contribution in [0.15, 0.2) is 46.6 Å². The maximum absolute atomic E-state index is 9.08. The van der Waals surface area contributed by atoms with Crippen LogP contribution in [-0.2, 0) is 0 Å². The molecule has 0 aromatic carbocycles. The van der Waals surface area contributed by atoms with Crippen molar-refractivity contribution in [2.75, 3.05) is 26.4 Å². The summed E-state index contributed by atoms with van der Waals surface area (Å²) in [5, 5.41) is 36.3. The predicted molar refractivity (Wildman–Crippen MR) is 60.7 cm³/mol. The van der Waals surface area contributed by atoms with Gasteiger partial charge >= 0.3 is 0 Å². The SMILES string of the molecule is OCC1=C/C(CO)=C\C(CO)=C/C(CO)=C\1. The zero-order chi connectivity index (χ0) is 12.0. The van der Waals surface area contributed by atoms with E-state index in [2.05, 4.69) is 0 Å². The zero-order valence-corrected chi connectivity index (χ0v) is 8.93. The van der Waals surface area contributed by atoms with Gasteiger partial charge in [0.15, 0.2) is 0 Å². The lowest BCUT2D eigenvalue weighted by atomic mass is 10.0. The fourth-order valence-corrected chi connectivity index (χ4v) is 1.48.